The lowest BCUT2D eigenvalue weighted by molar-refractivity contribution is 0.408. The number of methoxy groups -OCH3 is 1. The molecule has 0 saturated carbocycles. The Balaban J connectivity index is 2.30. The molecule has 2 aromatic rings. The molecule has 136 valence electrons. The van der Waals surface area contributed by atoms with Crippen LogP contribution in [0.1, 0.15) is 0 Å². The molecule has 4 rings (SSSR count). The number of fused-ring (bicyclic) bond motifs is 2. The fourth-order valence-electron chi connectivity index (χ4n) is 3.09. The molecule has 0 N–H and O–H groups in total. The van der Waals surface area contributed by atoms with Crippen LogP contribution in [0.25, 0.3) is 33.4 Å². The number of halogens is 4. The summed E-state index contributed by atoms with van der Waals surface area (Å²) in [5, 5.41) is 1.01. The van der Waals surface area contributed by atoms with Gasteiger partial charge in [0.25, 0.3) is 0 Å². The van der Waals surface area contributed by atoms with Crippen LogP contribution in [0.4, 0.5) is 0 Å². The molecule has 1 aliphatic heterocycles. The molecule has 2 aliphatic rings. The predicted octanol–water partition coefficient (Wildman–Crippen LogP) is 6.99. The maximum Gasteiger partial charge on any atom is 0.209 e. The van der Waals surface area contributed by atoms with E-state index < -0.39 is 0 Å². The molecular formula is C20H10I4O3. The molecule has 7 heteroatoms. The zero-order valence-corrected chi connectivity index (χ0v) is 22.4. The van der Waals surface area contributed by atoms with Gasteiger partial charge in [-0.25, -0.2) is 0 Å². The van der Waals surface area contributed by atoms with Crippen molar-refractivity contribution in [2.45, 2.75) is 0 Å². The van der Waals surface area contributed by atoms with Crippen LogP contribution < -0.4 is 10.2 Å². The smallest absolute Gasteiger partial charge is 0.209 e. The van der Waals surface area contributed by atoms with Gasteiger partial charge in [0.1, 0.15) is 9.32 Å². The minimum Gasteiger partial charge on any atom is -0.494 e. The van der Waals surface area contributed by atoms with E-state index in [0.717, 1.165) is 40.5 Å². The Labute approximate surface area is 210 Å². The van der Waals surface area contributed by atoms with Gasteiger partial charge in [-0.05, 0) is 108 Å². The third-order valence-electron chi connectivity index (χ3n) is 4.27. The number of ether oxygens (including phenoxy) is 1. The number of hydrogen-bond acceptors (Lipinski definition) is 3. The molecule has 0 radical (unpaired) electrons. The molecule has 0 saturated heterocycles. The Kier molecular flexibility index (Phi) is 5.92. The average molecular weight is 806 g/mol. The van der Waals surface area contributed by atoms with Gasteiger partial charge >= 0.3 is 0 Å². The van der Waals surface area contributed by atoms with Crippen molar-refractivity contribution in [3.8, 4) is 28.2 Å². The van der Waals surface area contributed by atoms with E-state index in [9.17, 15) is 4.79 Å². The van der Waals surface area contributed by atoms with Gasteiger partial charge in [-0.2, -0.15) is 0 Å². The van der Waals surface area contributed by atoms with Gasteiger partial charge in [0.05, 0.1) is 17.8 Å². The van der Waals surface area contributed by atoms with Gasteiger partial charge in [-0.1, -0.05) is 30.3 Å². The van der Waals surface area contributed by atoms with Crippen LogP contribution >= 0.6 is 90.4 Å². The minimum absolute atomic E-state index is 0.00158. The summed E-state index contributed by atoms with van der Waals surface area (Å²) >= 11 is 8.73. The molecule has 1 heterocycles. The highest BCUT2D eigenvalue weighted by Gasteiger charge is 2.25. The Hall–Kier alpha value is -0.150. The first-order valence-corrected chi connectivity index (χ1v) is 12.1. The third kappa shape index (κ3) is 3.39. The van der Waals surface area contributed by atoms with Crippen molar-refractivity contribution in [1.29, 1.82) is 0 Å². The molecule has 0 amide bonds. The molecule has 2 aromatic carbocycles. The summed E-state index contributed by atoms with van der Waals surface area (Å²) in [6, 6.07) is 14.2. The van der Waals surface area contributed by atoms with Gasteiger partial charge < -0.3 is 9.15 Å². The summed E-state index contributed by atoms with van der Waals surface area (Å²) in [5.74, 6) is 1.40. The van der Waals surface area contributed by atoms with Crippen LogP contribution in [0.3, 0.4) is 0 Å². The highest BCUT2D eigenvalue weighted by atomic mass is 127. The molecule has 0 bridgehead atoms. The Morgan fingerprint density at radius 1 is 0.926 bits per heavy atom. The van der Waals surface area contributed by atoms with Crippen molar-refractivity contribution in [3.05, 3.63) is 67.0 Å². The van der Waals surface area contributed by atoms with Gasteiger partial charge in [-0.3, -0.25) is 4.79 Å². The van der Waals surface area contributed by atoms with Crippen LogP contribution in [0.5, 0.6) is 5.75 Å². The molecule has 27 heavy (non-hydrogen) atoms. The fourth-order valence-corrected chi connectivity index (χ4v) is 7.11. The first-order valence-electron chi connectivity index (χ1n) is 7.80. The Morgan fingerprint density at radius 2 is 1.63 bits per heavy atom. The lowest BCUT2D eigenvalue weighted by atomic mass is 9.94. The summed E-state index contributed by atoms with van der Waals surface area (Å²) in [5.41, 5.74) is 3.83. The van der Waals surface area contributed by atoms with Crippen molar-refractivity contribution in [3.63, 3.8) is 0 Å². The van der Waals surface area contributed by atoms with E-state index in [1.54, 1.807) is 7.11 Å². The molecule has 3 nitrogen and oxygen atoms in total. The van der Waals surface area contributed by atoms with Gasteiger partial charge in [0.2, 0.25) is 5.43 Å². The quantitative estimate of drug-likeness (QED) is 0.162. The molecule has 0 fully saturated rings. The van der Waals surface area contributed by atoms with Crippen LogP contribution in [0.2, 0.25) is 0 Å². The summed E-state index contributed by atoms with van der Waals surface area (Å²) < 4.78 is 15.1. The SMILES string of the molecule is COc1c(I)cc2c(-c3ccccc3)c3cc(I)c(=O)c(I)c-3oc2c1I. The number of rotatable bonds is 2. The maximum atomic E-state index is 12.5. The van der Waals surface area contributed by atoms with Crippen molar-refractivity contribution >= 4 is 101 Å². The summed E-state index contributed by atoms with van der Waals surface area (Å²) in [4.78, 5) is 12.5. The minimum atomic E-state index is -0.00158. The van der Waals surface area contributed by atoms with E-state index in [0.29, 0.717) is 12.9 Å². The molecule has 0 atom stereocenters. The zero-order valence-electron chi connectivity index (χ0n) is 13.8. The van der Waals surface area contributed by atoms with Crippen LogP contribution in [0.15, 0.2) is 51.7 Å². The first kappa shape index (κ1) is 20.1. The number of hydrogen-bond donors (Lipinski definition) is 0. The fraction of sp³-hybridized carbons (Fsp3) is 0.0500. The second-order valence-corrected chi connectivity index (χ2v) is 10.3. The average Bonchev–Trinajstić information content (AvgIpc) is 2.66. The van der Waals surface area contributed by atoms with Gasteiger partial charge in [0, 0.05) is 16.5 Å². The van der Waals surface area contributed by atoms with E-state index in [1.165, 1.54) is 0 Å². The maximum absolute atomic E-state index is 12.5. The van der Waals surface area contributed by atoms with E-state index in [2.05, 4.69) is 109 Å². The van der Waals surface area contributed by atoms with Crippen molar-refractivity contribution in [1.82, 2.24) is 0 Å². The Morgan fingerprint density at radius 3 is 2.30 bits per heavy atom. The van der Waals surface area contributed by atoms with E-state index in [-0.39, 0.29) is 5.43 Å². The molecule has 0 aromatic heterocycles. The second-order valence-electron chi connectivity index (χ2n) is 5.80. The Bertz CT molecular complexity index is 1220. The number of benzene rings is 3. The largest absolute Gasteiger partial charge is 0.494 e. The van der Waals surface area contributed by atoms with Gasteiger partial charge in [-0.15, -0.1) is 0 Å². The van der Waals surface area contributed by atoms with E-state index in [1.807, 2.05) is 24.3 Å². The third-order valence-corrected chi connectivity index (χ3v) is 7.83. The lowest BCUT2D eigenvalue weighted by Crippen LogP contribution is -2.12. The highest BCUT2D eigenvalue weighted by molar-refractivity contribution is 14.1. The summed E-state index contributed by atoms with van der Waals surface area (Å²) in [6.45, 7) is 0. The topological polar surface area (TPSA) is 39.4 Å². The highest BCUT2D eigenvalue weighted by Crippen LogP contribution is 2.45. The zero-order chi connectivity index (χ0) is 19.3. The van der Waals surface area contributed by atoms with Crippen LogP contribution in [0, 0.1) is 14.3 Å². The van der Waals surface area contributed by atoms with Crippen molar-refractivity contribution in [2.75, 3.05) is 7.11 Å². The lowest BCUT2D eigenvalue weighted by Gasteiger charge is -2.19. The molecule has 0 spiro atoms. The summed E-state index contributed by atoms with van der Waals surface area (Å²) in [7, 11) is 1.66. The molecular weight excluding hydrogens is 796 g/mol. The standard InChI is InChI=1S/C20H10I4O3/c1-26-20-13(22)8-11-14(9-5-3-2-4-6-9)10-7-12(21)17(25)15(23)18(10)27-19(11)16(20)24/h2-8H,1H3. The van der Waals surface area contributed by atoms with Crippen LogP contribution in [-0.4, -0.2) is 7.11 Å². The monoisotopic (exact) mass is 806 g/mol. The first-order chi connectivity index (χ1) is 12.9. The van der Waals surface area contributed by atoms with Crippen molar-refractivity contribution in [2.24, 2.45) is 0 Å². The molecule has 0 unspecified atom stereocenters. The summed E-state index contributed by atoms with van der Waals surface area (Å²) in [6.07, 6.45) is 0. The second kappa shape index (κ2) is 7.94. The van der Waals surface area contributed by atoms with Gasteiger partial charge in [0.15, 0.2) is 11.3 Å². The van der Waals surface area contributed by atoms with E-state index >= 15 is 0 Å². The predicted molar refractivity (Wildman–Crippen MR) is 142 cm³/mol. The van der Waals surface area contributed by atoms with E-state index in [4.69, 9.17) is 9.15 Å². The van der Waals surface area contributed by atoms with Crippen LogP contribution in [-0.2, 0) is 0 Å². The van der Waals surface area contributed by atoms with Crippen molar-refractivity contribution < 1.29 is 9.15 Å². The normalized spacial score (nSPS) is 11.3. The molecule has 1 aliphatic carbocycles.